The quantitative estimate of drug-likeness (QED) is 0.0149. The van der Waals surface area contributed by atoms with E-state index >= 15 is 0 Å². The molecule has 49 heavy (non-hydrogen) atoms. The van der Waals surface area contributed by atoms with Gasteiger partial charge in [0.1, 0.15) is 12.9 Å². The van der Waals surface area contributed by atoms with E-state index in [1.54, 1.807) is 0 Å². The number of phosphoric acid groups is 3. The SMILES string of the molecule is C=C.C=C.C=C.C=C.[B]NCC(COP(=O)([O-])O)COP(=O)([O-])OCC(CNF)COP(=O)([O-])OCCOOOOO/C=C/OP(C)(=O)[O-]. The molecule has 0 fully saturated rings. The van der Waals surface area contributed by atoms with Crippen LogP contribution in [0, 0.1) is 11.8 Å². The van der Waals surface area contributed by atoms with Crippen molar-refractivity contribution in [2.24, 2.45) is 11.8 Å². The molecule has 0 aliphatic rings. The highest BCUT2D eigenvalue weighted by molar-refractivity contribution is 7.50. The highest BCUT2D eigenvalue weighted by Crippen LogP contribution is 2.41. The molecule has 28 heteroatoms. The minimum Gasteiger partial charge on any atom is -0.769 e. The summed E-state index contributed by atoms with van der Waals surface area (Å²) in [5.74, 6) is -2.20. The Morgan fingerprint density at radius 1 is 0.714 bits per heavy atom. The van der Waals surface area contributed by atoms with Crippen LogP contribution in [0.15, 0.2) is 65.2 Å². The molecule has 0 aromatic heterocycles. The summed E-state index contributed by atoms with van der Waals surface area (Å²) < 4.78 is 83.9. The number of halogens is 1. The second kappa shape index (κ2) is 36.4. The Morgan fingerprint density at radius 2 is 1.16 bits per heavy atom. The van der Waals surface area contributed by atoms with E-state index in [0.29, 0.717) is 12.5 Å². The van der Waals surface area contributed by atoms with Crippen molar-refractivity contribution >= 4 is 39.0 Å². The van der Waals surface area contributed by atoms with Crippen LogP contribution >= 0.6 is 31.1 Å². The first kappa shape index (κ1) is 56.9. The molecule has 0 amide bonds. The molecule has 0 saturated heterocycles. The first-order chi connectivity index (χ1) is 23.0. The Balaban J connectivity index is -0.000000746. The number of hydrogen-bond donors (Lipinski definition) is 3. The topological polar surface area (TPSA) is 306 Å². The van der Waals surface area contributed by atoms with Gasteiger partial charge in [0.2, 0.25) is 0 Å². The molecule has 0 spiro atoms. The van der Waals surface area contributed by atoms with Gasteiger partial charge in [-0.05, 0) is 11.6 Å². The number of nitrogens with one attached hydrogen (secondary N) is 2. The van der Waals surface area contributed by atoms with Crippen molar-refractivity contribution < 1.29 is 99.2 Å². The lowest BCUT2D eigenvalue weighted by molar-refractivity contribution is -0.700. The summed E-state index contributed by atoms with van der Waals surface area (Å²) in [4.78, 5) is 62.0. The van der Waals surface area contributed by atoms with Crippen molar-refractivity contribution in [1.82, 2.24) is 10.8 Å². The van der Waals surface area contributed by atoms with Gasteiger partial charge in [-0.3, -0.25) is 18.3 Å². The van der Waals surface area contributed by atoms with Crippen LogP contribution in [0.5, 0.6) is 0 Å². The molecule has 2 radical (unpaired) electrons. The normalized spacial score (nSPS) is 16.6. The van der Waals surface area contributed by atoms with Gasteiger partial charge in [0, 0.05) is 35.1 Å². The number of hydrogen-bond acceptors (Lipinski definition) is 21. The van der Waals surface area contributed by atoms with Crippen LogP contribution in [0.2, 0.25) is 0 Å². The van der Waals surface area contributed by atoms with Crippen molar-refractivity contribution in [3.63, 3.8) is 0 Å². The van der Waals surface area contributed by atoms with E-state index in [4.69, 9.17) is 12.9 Å². The van der Waals surface area contributed by atoms with Crippen LogP contribution in [-0.4, -0.2) is 72.3 Å². The first-order valence-corrected chi connectivity index (χ1v) is 18.9. The third-order valence-corrected chi connectivity index (χ3v) is 6.45. The second-order valence-electron chi connectivity index (χ2n) is 7.13. The molecule has 0 aliphatic heterocycles. The lowest BCUT2D eigenvalue weighted by atomic mass is 10.1. The van der Waals surface area contributed by atoms with Crippen LogP contribution in [0.4, 0.5) is 4.48 Å². The van der Waals surface area contributed by atoms with Crippen LogP contribution in [0.25, 0.3) is 0 Å². The molecule has 0 rings (SSSR count). The van der Waals surface area contributed by atoms with E-state index in [-0.39, 0.29) is 6.54 Å². The fourth-order valence-corrected chi connectivity index (χ4v) is 4.21. The molecule has 0 aromatic carbocycles. The van der Waals surface area contributed by atoms with Gasteiger partial charge < -0.3 is 61.7 Å². The van der Waals surface area contributed by atoms with E-state index in [9.17, 15) is 42.3 Å². The predicted octanol–water partition coefficient (Wildman–Crippen LogP) is 0.469. The fraction of sp³-hybridized carbons (Fsp3) is 0.524. The molecular weight excluding hydrogens is 754 g/mol. The summed E-state index contributed by atoms with van der Waals surface area (Å²) >= 11 is 0. The van der Waals surface area contributed by atoms with Gasteiger partial charge in [-0.2, -0.15) is 5.54 Å². The minimum atomic E-state index is -5.10. The molecule has 0 heterocycles. The Bertz CT molecular complexity index is 988. The first-order valence-electron chi connectivity index (χ1n) is 12.5. The third-order valence-electron chi connectivity index (χ3n) is 3.57. The van der Waals surface area contributed by atoms with E-state index in [2.05, 4.69) is 110 Å². The van der Waals surface area contributed by atoms with Crippen molar-refractivity contribution in [3.05, 3.63) is 65.2 Å². The Morgan fingerprint density at radius 3 is 1.59 bits per heavy atom. The van der Waals surface area contributed by atoms with Gasteiger partial charge in [0.05, 0.1) is 33.0 Å². The fourth-order valence-electron chi connectivity index (χ4n) is 1.92. The second-order valence-corrected chi connectivity index (χ2v) is 12.9. The number of rotatable bonds is 27. The maximum absolute atomic E-state index is 12.6. The summed E-state index contributed by atoms with van der Waals surface area (Å²) in [5.41, 5.74) is 1.18. The average molecular weight is 796 g/mol. The average Bonchev–Trinajstić information content (AvgIpc) is 3.05. The molecule has 22 nitrogen and oxygen atoms in total. The van der Waals surface area contributed by atoms with Crippen molar-refractivity contribution in [3.8, 4) is 0 Å². The van der Waals surface area contributed by atoms with Crippen LogP contribution < -0.4 is 30.3 Å². The monoisotopic (exact) mass is 796 g/mol. The Hall–Kier alpha value is -1.43. The third kappa shape index (κ3) is 46.6. The van der Waals surface area contributed by atoms with E-state index in [0.717, 1.165) is 6.66 Å². The minimum absolute atomic E-state index is 0.198. The zero-order chi connectivity index (χ0) is 39.4. The van der Waals surface area contributed by atoms with Gasteiger partial charge in [0.15, 0.2) is 21.8 Å². The summed E-state index contributed by atoms with van der Waals surface area (Å²) in [6, 6.07) is 0. The standard InChI is InChI=1S/C13H30BFN2O20P4.4C2H4/c1-38(18,19)29-4-2-27-35-37-36-28-3-5-30-40(23,24)32-10-13(7-17-15)11-34-41(25,26)33-9-12(6-16-14)8-31-39(20,21)22;4*1-2/h2,4,12-13,16-17H,3,5-11H2,1H3,(H,18,19)(H,23,24)(H,25,26)(H2,20,21,22);4*1-2H2/p-4/b4-2+;;;;. The number of phosphoric ester groups is 3. The molecule has 0 aromatic rings. The van der Waals surface area contributed by atoms with E-state index in [1.807, 2.05) is 0 Å². The maximum Gasteiger partial charge on any atom is 0.267 e. The molecule has 3 N–H and O–H groups in total. The van der Waals surface area contributed by atoms with Crippen LogP contribution in [-0.2, 0) is 70.3 Å². The molecular formula is C21H42BFN2O20P4-4. The van der Waals surface area contributed by atoms with Crippen molar-refractivity contribution in [2.45, 2.75) is 0 Å². The highest BCUT2D eigenvalue weighted by Gasteiger charge is 2.21. The predicted molar refractivity (Wildman–Crippen MR) is 164 cm³/mol. The maximum atomic E-state index is 12.6. The molecule has 6 unspecified atom stereocenters. The van der Waals surface area contributed by atoms with E-state index in [1.165, 1.54) is 5.54 Å². The van der Waals surface area contributed by atoms with Gasteiger partial charge in [-0.15, -0.1) is 57.1 Å². The van der Waals surface area contributed by atoms with Gasteiger partial charge in [0.25, 0.3) is 23.5 Å². The molecule has 0 saturated carbocycles. The summed E-state index contributed by atoms with van der Waals surface area (Å²) in [6.45, 7) is 19.6. The zero-order valence-electron chi connectivity index (χ0n) is 26.6. The summed E-state index contributed by atoms with van der Waals surface area (Å²) in [7, 11) is -14.1. The van der Waals surface area contributed by atoms with Crippen molar-refractivity contribution in [2.75, 3.05) is 59.4 Å². The van der Waals surface area contributed by atoms with Gasteiger partial charge >= 0.3 is 0 Å². The smallest absolute Gasteiger partial charge is 0.267 e. The summed E-state index contributed by atoms with van der Waals surface area (Å²) in [5, 5.41) is 13.7. The lowest BCUT2D eigenvalue weighted by Crippen LogP contribution is -2.30. The zero-order valence-corrected chi connectivity index (χ0v) is 30.1. The molecule has 290 valence electrons. The Labute approximate surface area is 285 Å². The Kier molecular flexibility index (Phi) is 42.3. The van der Waals surface area contributed by atoms with Gasteiger partial charge in [-0.25, -0.2) is 4.89 Å². The van der Waals surface area contributed by atoms with Crippen LogP contribution in [0.3, 0.4) is 0 Å². The lowest BCUT2D eigenvalue weighted by Gasteiger charge is -2.29. The summed E-state index contributed by atoms with van der Waals surface area (Å²) in [6.07, 6.45) is 1.20. The van der Waals surface area contributed by atoms with Crippen LogP contribution in [0.1, 0.15) is 0 Å². The molecule has 0 bridgehead atoms. The molecule has 0 aliphatic carbocycles. The van der Waals surface area contributed by atoms with Gasteiger partial charge in [-0.1, -0.05) is 0 Å². The van der Waals surface area contributed by atoms with E-state index < -0.39 is 89.1 Å². The largest absolute Gasteiger partial charge is 0.769 e. The highest BCUT2D eigenvalue weighted by atomic mass is 31.2. The van der Waals surface area contributed by atoms with Crippen molar-refractivity contribution in [1.29, 1.82) is 0 Å². The molecule has 6 atom stereocenters.